The van der Waals surface area contributed by atoms with Crippen LogP contribution in [-0.2, 0) is 13.5 Å². The van der Waals surface area contributed by atoms with E-state index in [1.807, 2.05) is 6.07 Å². The summed E-state index contributed by atoms with van der Waals surface area (Å²) in [4.78, 5) is 22.8. The number of anilines is 1. The Balaban J connectivity index is 1.83. The Kier molecular flexibility index (Phi) is 5.00. The number of benzene rings is 1. The summed E-state index contributed by atoms with van der Waals surface area (Å²) in [5.74, 6) is -0.172. The van der Waals surface area contributed by atoms with Gasteiger partial charge in [-0.15, -0.1) is 0 Å². The smallest absolute Gasteiger partial charge is 0.320 e. The number of carbonyl (C=O) groups excluding carboxylic acids is 2. The van der Waals surface area contributed by atoms with Gasteiger partial charge in [0.15, 0.2) is 5.82 Å². The van der Waals surface area contributed by atoms with Crippen LogP contribution in [0.25, 0.3) is 0 Å². The molecule has 4 N–H and O–H groups in total. The molecule has 2 aromatic rings. The van der Waals surface area contributed by atoms with Crippen molar-refractivity contribution < 1.29 is 9.59 Å². The van der Waals surface area contributed by atoms with E-state index in [0.717, 1.165) is 5.56 Å². The number of amides is 3. The van der Waals surface area contributed by atoms with E-state index in [-0.39, 0.29) is 0 Å². The highest BCUT2D eigenvalue weighted by molar-refractivity contribution is 6.33. The van der Waals surface area contributed by atoms with E-state index in [0.29, 0.717) is 29.4 Å². The normalized spacial score (nSPS) is 10.3. The third-order valence-corrected chi connectivity index (χ3v) is 3.20. The summed E-state index contributed by atoms with van der Waals surface area (Å²) < 4.78 is 1.51. The zero-order valence-corrected chi connectivity index (χ0v) is 12.7. The van der Waals surface area contributed by atoms with Crippen molar-refractivity contribution in [2.45, 2.75) is 6.42 Å². The van der Waals surface area contributed by atoms with E-state index in [1.165, 1.54) is 4.68 Å². The van der Waals surface area contributed by atoms with Crippen LogP contribution in [0.2, 0.25) is 5.02 Å². The van der Waals surface area contributed by atoms with Gasteiger partial charge < -0.3 is 11.1 Å². The molecule has 0 aliphatic carbocycles. The number of nitrogens with zero attached hydrogens (tertiary/aromatic N) is 2. The van der Waals surface area contributed by atoms with Crippen LogP contribution in [0, 0.1) is 0 Å². The molecule has 0 fully saturated rings. The van der Waals surface area contributed by atoms with E-state index in [9.17, 15) is 9.59 Å². The first kappa shape index (κ1) is 15.8. The largest absolute Gasteiger partial charge is 0.366 e. The molecule has 0 aliphatic rings. The van der Waals surface area contributed by atoms with Crippen LogP contribution in [0.4, 0.5) is 10.6 Å². The van der Waals surface area contributed by atoms with Crippen molar-refractivity contribution in [1.29, 1.82) is 0 Å². The molecule has 0 spiro atoms. The molecule has 1 heterocycles. The van der Waals surface area contributed by atoms with Gasteiger partial charge in [0.2, 0.25) is 5.91 Å². The van der Waals surface area contributed by atoms with E-state index < -0.39 is 11.9 Å². The summed E-state index contributed by atoms with van der Waals surface area (Å²) in [6.45, 7) is 0.401. The molecule has 22 heavy (non-hydrogen) atoms. The SMILES string of the molecule is Cn1cc(Cl)c(NC(=O)NCCc2cccc(C(N)=O)c2)n1. The molecule has 2 rings (SSSR count). The van der Waals surface area contributed by atoms with Gasteiger partial charge in [0.05, 0.1) is 0 Å². The third-order valence-electron chi connectivity index (χ3n) is 2.93. The quantitative estimate of drug-likeness (QED) is 0.778. The molecule has 0 saturated heterocycles. The van der Waals surface area contributed by atoms with Crippen LogP contribution < -0.4 is 16.4 Å². The standard InChI is InChI=1S/C14H16ClN5O2/c1-20-8-11(15)13(19-20)18-14(22)17-6-5-9-3-2-4-10(7-9)12(16)21/h2-4,7-8H,5-6H2,1H3,(H2,16,21)(H2,17,18,19,22). The fourth-order valence-corrected chi connectivity index (χ4v) is 2.12. The van der Waals surface area contributed by atoms with Gasteiger partial charge in [-0.25, -0.2) is 4.79 Å². The maximum Gasteiger partial charge on any atom is 0.320 e. The lowest BCUT2D eigenvalue weighted by molar-refractivity contribution is 0.1000. The number of nitrogens with two attached hydrogens (primary N) is 1. The predicted molar refractivity (Wildman–Crippen MR) is 83.9 cm³/mol. The number of halogens is 1. The fraction of sp³-hybridized carbons (Fsp3) is 0.214. The minimum atomic E-state index is -0.475. The minimum absolute atomic E-state index is 0.303. The monoisotopic (exact) mass is 321 g/mol. The number of hydrogen-bond acceptors (Lipinski definition) is 3. The summed E-state index contributed by atoms with van der Waals surface area (Å²) in [6, 6.07) is 6.57. The Morgan fingerprint density at radius 3 is 2.82 bits per heavy atom. The zero-order valence-electron chi connectivity index (χ0n) is 12.0. The number of aromatic nitrogens is 2. The second-order valence-electron chi connectivity index (χ2n) is 4.69. The van der Waals surface area contributed by atoms with E-state index in [2.05, 4.69) is 15.7 Å². The van der Waals surface area contributed by atoms with Crippen molar-refractivity contribution in [2.75, 3.05) is 11.9 Å². The molecule has 7 nitrogen and oxygen atoms in total. The van der Waals surface area contributed by atoms with Crippen molar-refractivity contribution in [1.82, 2.24) is 15.1 Å². The molecule has 0 saturated carbocycles. The highest BCUT2D eigenvalue weighted by Gasteiger charge is 2.09. The number of primary amides is 1. The van der Waals surface area contributed by atoms with E-state index >= 15 is 0 Å². The number of nitrogens with one attached hydrogen (secondary N) is 2. The molecule has 1 aromatic carbocycles. The van der Waals surface area contributed by atoms with Crippen LogP contribution in [0.5, 0.6) is 0 Å². The fourth-order valence-electron chi connectivity index (χ4n) is 1.90. The lowest BCUT2D eigenvalue weighted by Gasteiger charge is -2.07. The highest BCUT2D eigenvalue weighted by Crippen LogP contribution is 2.18. The maximum absolute atomic E-state index is 11.7. The van der Waals surface area contributed by atoms with Crippen LogP contribution in [0.3, 0.4) is 0 Å². The van der Waals surface area contributed by atoms with Crippen LogP contribution >= 0.6 is 11.6 Å². The molecular weight excluding hydrogens is 306 g/mol. The topological polar surface area (TPSA) is 102 Å². The van der Waals surface area contributed by atoms with Gasteiger partial charge in [0.1, 0.15) is 5.02 Å². The number of rotatable bonds is 5. The summed E-state index contributed by atoms with van der Waals surface area (Å²) in [6.07, 6.45) is 2.16. The average molecular weight is 322 g/mol. The van der Waals surface area contributed by atoms with E-state index in [1.54, 1.807) is 31.4 Å². The van der Waals surface area contributed by atoms with Crippen molar-refractivity contribution in [3.05, 3.63) is 46.6 Å². The van der Waals surface area contributed by atoms with Gasteiger partial charge in [-0.1, -0.05) is 23.7 Å². The van der Waals surface area contributed by atoms with E-state index in [4.69, 9.17) is 17.3 Å². The molecule has 0 atom stereocenters. The predicted octanol–water partition coefficient (Wildman–Crippen LogP) is 1.54. The molecule has 1 aromatic heterocycles. The molecule has 8 heteroatoms. The van der Waals surface area contributed by atoms with Gasteiger partial charge in [-0.3, -0.25) is 14.8 Å². The molecule has 0 radical (unpaired) electrons. The first-order chi connectivity index (χ1) is 10.5. The number of aryl methyl sites for hydroxylation is 1. The van der Waals surface area contributed by atoms with Crippen LogP contribution in [0.1, 0.15) is 15.9 Å². The lowest BCUT2D eigenvalue weighted by atomic mass is 10.1. The second-order valence-corrected chi connectivity index (χ2v) is 5.10. The third kappa shape index (κ3) is 4.23. The summed E-state index contributed by atoms with van der Waals surface area (Å²) in [7, 11) is 1.71. The van der Waals surface area contributed by atoms with Crippen LogP contribution in [0.15, 0.2) is 30.5 Å². The molecule has 0 aliphatic heterocycles. The first-order valence-electron chi connectivity index (χ1n) is 6.58. The Morgan fingerprint density at radius 2 is 2.18 bits per heavy atom. The Morgan fingerprint density at radius 1 is 1.41 bits per heavy atom. The minimum Gasteiger partial charge on any atom is -0.366 e. The average Bonchev–Trinajstić information content (AvgIpc) is 2.77. The van der Waals surface area contributed by atoms with Gasteiger partial charge >= 0.3 is 6.03 Å². The van der Waals surface area contributed by atoms with Gasteiger partial charge in [-0.2, -0.15) is 5.10 Å². The van der Waals surface area contributed by atoms with Crippen molar-refractivity contribution >= 4 is 29.4 Å². The second kappa shape index (κ2) is 6.95. The summed E-state index contributed by atoms with van der Waals surface area (Å²) in [5.41, 5.74) is 6.58. The molecule has 0 bridgehead atoms. The van der Waals surface area contributed by atoms with Gasteiger partial charge in [0, 0.05) is 25.4 Å². The van der Waals surface area contributed by atoms with Gasteiger partial charge in [-0.05, 0) is 24.1 Å². The van der Waals surface area contributed by atoms with Gasteiger partial charge in [0.25, 0.3) is 0 Å². The van der Waals surface area contributed by atoms with Crippen molar-refractivity contribution in [3.63, 3.8) is 0 Å². The zero-order chi connectivity index (χ0) is 16.1. The Labute approximate surface area is 132 Å². The number of carbonyl (C=O) groups is 2. The lowest BCUT2D eigenvalue weighted by Crippen LogP contribution is -2.30. The Bertz CT molecular complexity index is 698. The molecular formula is C14H16ClN5O2. The summed E-state index contributed by atoms with van der Waals surface area (Å²) in [5, 5.41) is 9.63. The van der Waals surface area contributed by atoms with Crippen molar-refractivity contribution in [3.8, 4) is 0 Å². The molecule has 0 unspecified atom stereocenters. The maximum atomic E-state index is 11.7. The highest BCUT2D eigenvalue weighted by atomic mass is 35.5. The number of hydrogen-bond donors (Lipinski definition) is 3. The summed E-state index contributed by atoms with van der Waals surface area (Å²) >= 11 is 5.90. The first-order valence-corrected chi connectivity index (χ1v) is 6.96. The van der Waals surface area contributed by atoms with Crippen molar-refractivity contribution in [2.24, 2.45) is 12.8 Å². The Hall–Kier alpha value is -2.54. The molecule has 116 valence electrons. The molecule has 3 amide bonds. The number of urea groups is 1. The van der Waals surface area contributed by atoms with Crippen LogP contribution in [-0.4, -0.2) is 28.3 Å².